The molecule has 0 saturated carbocycles. The number of nitrogens with zero attached hydrogens (tertiary/aromatic N) is 4. The van der Waals surface area contributed by atoms with Crippen LogP contribution in [0, 0.1) is 0 Å². The Bertz CT molecular complexity index is 1300. The van der Waals surface area contributed by atoms with E-state index in [2.05, 4.69) is 26.2 Å². The van der Waals surface area contributed by atoms with E-state index in [0.29, 0.717) is 11.4 Å². The molecule has 6 nitrogen and oxygen atoms in total. The molecule has 8 heteroatoms. The second-order valence-corrected chi connectivity index (χ2v) is 9.26. The highest BCUT2D eigenvalue weighted by molar-refractivity contribution is 9.11. The maximum Gasteiger partial charge on any atom is 0.264 e. The molecule has 0 radical (unpaired) electrons. The number of anilines is 1. The molecule has 0 fully saturated rings. The zero-order valence-electron chi connectivity index (χ0n) is 16.6. The molecule has 156 valence electrons. The van der Waals surface area contributed by atoms with E-state index in [1.54, 1.807) is 65.2 Å². The first-order valence-electron chi connectivity index (χ1n) is 9.43. The molecule has 0 unspecified atom stereocenters. The zero-order chi connectivity index (χ0) is 21.8. The maximum absolute atomic E-state index is 12.9. The molecule has 4 aromatic rings. The van der Waals surface area contributed by atoms with E-state index in [4.69, 9.17) is 0 Å². The number of para-hydroxylation sites is 1. The van der Waals surface area contributed by atoms with Crippen molar-refractivity contribution >= 4 is 37.7 Å². The molecule has 0 bridgehead atoms. The minimum Gasteiger partial charge on any atom is -0.269 e. The summed E-state index contributed by atoms with van der Waals surface area (Å²) in [6.45, 7) is 0. The van der Waals surface area contributed by atoms with Gasteiger partial charge in [-0.05, 0) is 53.0 Å². The highest BCUT2D eigenvalue weighted by Gasteiger charge is 2.21. The lowest BCUT2D eigenvalue weighted by molar-refractivity contribution is 0.594. The molecule has 0 aliphatic heterocycles. The smallest absolute Gasteiger partial charge is 0.264 e. The fourth-order valence-electron chi connectivity index (χ4n) is 3.07. The number of sulfonamides is 1. The Balaban J connectivity index is 1.56. The van der Waals surface area contributed by atoms with Crippen LogP contribution in [0.4, 0.5) is 5.69 Å². The summed E-state index contributed by atoms with van der Waals surface area (Å²) < 4.78 is 28.8. The summed E-state index contributed by atoms with van der Waals surface area (Å²) in [6.07, 6.45) is 3.76. The predicted octanol–water partition coefficient (Wildman–Crippen LogP) is 5.13. The Morgan fingerprint density at radius 3 is 2.26 bits per heavy atom. The van der Waals surface area contributed by atoms with Crippen molar-refractivity contribution in [1.29, 1.82) is 0 Å². The minimum absolute atomic E-state index is 0.213. The summed E-state index contributed by atoms with van der Waals surface area (Å²) in [5.74, 6) is 0. The van der Waals surface area contributed by atoms with E-state index in [0.717, 1.165) is 16.8 Å². The topological polar surface area (TPSA) is 68.1 Å². The van der Waals surface area contributed by atoms with Crippen LogP contribution in [0.2, 0.25) is 0 Å². The van der Waals surface area contributed by atoms with Gasteiger partial charge in [0.25, 0.3) is 10.0 Å². The summed E-state index contributed by atoms with van der Waals surface area (Å²) in [5, 5.41) is 8.42. The first kappa shape index (κ1) is 21.0. The Morgan fingerprint density at radius 2 is 1.61 bits per heavy atom. The van der Waals surface area contributed by atoms with Crippen molar-refractivity contribution < 1.29 is 8.42 Å². The number of hydrogen-bond acceptors (Lipinski definition) is 4. The van der Waals surface area contributed by atoms with Crippen LogP contribution in [0.15, 0.2) is 94.9 Å². The average Bonchev–Trinajstić information content (AvgIpc) is 3.30. The molecule has 0 atom stereocenters. The first-order valence-corrected chi connectivity index (χ1v) is 11.8. The number of hydrogen-bond donors (Lipinski definition) is 0. The number of benzene rings is 3. The van der Waals surface area contributed by atoms with Crippen molar-refractivity contribution in [2.45, 2.75) is 4.90 Å². The Kier molecular flexibility index (Phi) is 6.01. The third-order valence-corrected chi connectivity index (χ3v) is 6.90. The van der Waals surface area contributed by atoms with E-state index in [9.17, 15) is 8.42 Å². The first-order chi connectivity index (χ1) is 15.0. The van der Waals surface area contributed by atoms with Gasteiger partial charge in [-0.25, -0.2) is 13.1 Å². The van der Waals surface area contributed by atoms with Gasteiger partial charge in [0.1, 0.15) is 5.69 Å². The molecular formula is C23H19BrN4O2S. The van der Waals surface area contributed by atoms with Crippen LogP contribution in [-0.4, -0.2) is 30.5 Å². The van der Waals surface area contributed by atoms with Crippen LogP contribution in [0.25, 0.3) is 23.0 Å². The normalized spacial score (nSPS) is 11.7. The molecule has 0 amide bonds. The lowest BCUT2D eigenvalue weighted by Gasteiger charge is -2.19. The molecule has 1 aromatic heterocycles. The van der Waals surface area contributed by atoms with Gasteiger partial charge in [0, 0.05) is 12.6 Å². The maximum atomic E-state index is 12.9. The molecule has 0 aliphatic rings. The van der Waals surface area contributed by atoms with Crippen LogP contribution in [0.3, 0.4) is 0 Å². The summed E-state index contributed by atoms with van der Waals surface area (Å²) in [5.41, 5.74) is 4.00. The van der Waals surface area contributed by atoms with E-state index < -0.39 is 10.0 Å². The number of halogens is 1. The van der Waals surface area contributed by atoms with Gasteiger partial charge in [0.15, 0.2) is 0 Å². The lowest BCUT2D eigenvalue weighted by atomic mass is 10.2. The van der Waals surface area contributed by atoms with Crippen LogP contribution in [0.5, 0.6) is 0 Å². The van der Waals surface area contributed by atoms with E-state index >= 15 is 0 Å². The van der Waals surface area contributed by atoms with Gasteiger partial charge in [-0.3, -0.25) is 4.31 Å². The van der Waals surface area contributed by atoms with Crippen LogP contribution >= 0.6 is 15.9 Å². The van der Waals surface area contributed by atoms with Crippen molar-refractivity contribution in [3.8, 4) is 16.9 Å². The van der Waals surface area contributed by atoms with Gasteiger partial charge in [-0.15, -0.1) is 5.10 Å². The van der Waals surface area contributed by atoms with Gasteiger partial charge < -0.3 is 0 Å². The standard InChI is InChI=1S/C23H19BrN4O2S/c1-27(20-5-3-2-4-6-20)31(29,30)22-13-9-19(10-14-22)23-17-28(26-25-23)21-11-7-18(8-12-21)15-16-24/h2-17H,1H3/b16-15+. The van der Waals surface area contributed by atoms with Gasteiger partial charge in [0.05, 0.1) is 22.5 Å². The van der Waals surface area contributed by atoms with Crippen molar-refractivity contribution in [1.82, 2.24) is 15.0 Å². The van der Waals surface area contributed by atoms with E-state index in [1.165, 1.54) is 4.31 Å². The second kappa shape index (κ2) is 8.87. The Hall–Kier alpha value is -3.23. The van der Waals surface area contributed by atoms with Crippen molar-refractivity contribution in [3.05, 3.63) is 95.6 Å². The number of rotatable bonds is 6. The summed E-state index contributed by atoms with van der Waals surface area (Å²) >= 11 is 3.27. The Labute approximate surface area is 189 Å². The second-order valence-electron chi connectivity index (χ2n) is 6.77. The third-order valence-electron chi connectivity index (χ3n) is 4.83. The SMILES string of the molecule is CN(c1ccccc1)S(=O)(=O)c1ccc(-c2cn(-c3ccc(/C=C/Br)cc3)nn2)cc1. The highest BCUT2D eigenvalue weighted by Crippen LogP contribution is 2.24. The molecule has 1 heterocycles. The summed E-state index contributed by atoms with van der Waals surface area (Å²) in [4.78, 5) is 2.02. The molecule has 31 heavy (non-hydrogen) atoms. The van der Waals surface area contributed by atoms with Gasteiger partial charge >= 0.3 is 0 Å². The van der Waals surface area contributed by atoms with Crippen LogP contribution in [-0.2, 0) is 10.0 Å². The van der Waals surface area contributed by atoms with Gasteiger partial charge in [-0.2, -0.15) is 0 Å². The monoisotopic (exact) mass is 494 g/mol. The van der Waals surface area contributed by atoms with Crippen molar-refractivity contribution in [3.63, 3.8) is 0 Å². The molecule has 0 spiro atoms. The van der Waals surface area contributed by atoms with Gasteiger partial charge in [0.2, 0.25) is 0 Å². The Morgan fingerprint density at radius 1 is 0.935 bits per heavy atom. The third kappa shape index (κ3) is 4.45. The number of aromatic nitrogens is 3. The zero-order valence-corrected chi connectivity index (χ0v) is 19.0. The molecule has 3 aromatic carbocycles. The fraction of sp³-hybridized carbons (Fsp3) is 0.0435. The van der Waals surface area contributed by atoms with Gasteiger partial charge in [-0.1, -0.05) is 63.6 Å². The van der Waals surface area contributed by atoms with Crippen molar-refractivity contribution in [2.24, 2.45) is 0 Å². The van der Waals surface area contributed by atoms with E-state index in [-0.39, 0.29) is 4.90 Å². The summed E-state index contributed by atoms with van der Waals surface area (Å²) in [6, 6.07) is 23.5. The summed E-state index contributed by atoms with van der Waals surface area (Å²) in [7, 11) is -2.11. The molecule has 4 rings (SSSR count). The highest BCUT2D eigenvalue weighted by atomic mass is 79.9. The van der Waals surface area contributed by atoms with E-state index in [1.807, 2.05) is 42.6 Å². The largest absolute Gasteiger partial charge is 0.269 e. The fourth-order valence-corrected chi connectivity index (χ4v) is 4.57. The molecular weight excluding hydrogens is 476 g/mol. The molecule has 0 aliphatic carbocycles. The van der Waals surface area contributed by atoms with Crippen LogP contribution in [0.1, 0.15) is 5.56 Å². The average molecular weight is 495 g/mol. The minimum atomic E-state index is -3.65. The molecule has 0 saturated heterocycles. The predicted molar refractivity (Wildman–Crippen MR) is 127 cm³/mol. The van der Waals surface area contributed by atoms with Crippen molar-refractivity contribution in [2.75, 3.05) is 11.4 Å². The quantitative estimate of drug-likeness (QED) is 0.372. The van der Waals surface area contributed by atoms with Crippen LogP contribution < -0.4 is 4.31 Å². The molecule has 0 N–H and O–H groups in total. The lowest BCUT2D eigenvalue weighted by Crippen LogP contribution is -2.26.